The predicted octanol–water partition coefficient (Wildman–Crippen LogP) is 7.87. The van der Waals surface area contributed by atoms with Gasteiger partial charge in [0, 0.05) is 6.61 Å². The molecule has 0 spiro atoms. The van der Waals surface area contributed by atoms with Crippen molar-refractivity contribution in [2.45, 2.75) is 77.3 Å². The van der Waals surface area contributed by atoms with E-state index < -0.39 is 8.32 Å². The SMILES string of the molecule is CC[Si](CC)(CC)OC(C/C=C/CCCCOCc1ccccc1)c1ccc(C(=O)OC)cc1. The van der Waals surface area contributed by atoms with E-state index in [4.69, 9.17) is 13.9 Å². The van der Waals surface area contributed by atoms with Gasteiger partial charge in [0.25, 0.3) is 0 Å². The van der Waals surface area contributed by atoms with Crippen LogP contribution in [0.1, 0.15) is 74.0 Å². The van der Waals surface area contributed by atoms with Crippen LogP contribution in [0, 0.1) is 0 Å². The van der Waals surface area contributed by atoms with Gasteiger partial charge in [0.15, 0.2) is 8.32 Å². The number of allylic oxidation sites excluding steroid dienone is 1. The van der Waals surface area contributed by atoms with Crippen molar-refractivity contribution in [1.82, 2.24) is 0 Å². The van der Waals surface area contributed by atoms with E-state index in [-0.39, 0.29) is 12.1 Å². The summed E-state index contributed by atoms with van der Waals surface area (Å²) in [6, 6.07) is 21.3. The molecule has 0 amide bonds. The van der Waals surface area contributed by atoms with Crippen molar-refractivity contribution < 1.29 is 18.7 Å². The Morgan fingerprint density at radius 2 is 1.59 bits per heavy atom. The van der Waals surface area contributed by atoms with E-state index in [1.807, 2.05) is 42.5 Å². The molecular formula is C29H42O4Si. The van der Waals surface area contributed by atoms with Crippen LogP contribution < -0.4 is 0 Å². The lowest BCUT2D eigenvalue weighted by Crippen LogP contribution is -2.37. The summed E-state index contributed by atoms with van der Waals surface area (Å²) >= 11 is 0. The average molecular weight is 483 g/mol. The van der Waals surface area contributed by atoms with Gasteiger partial charge in [-0.25, -0.2) is 4.79 Å². The maximum atomic E-state index is 11.8. The molecule has 0 aliphatic rings. The molecule has 2 rings (SSSR count). The van der Waals surface area contributed by atoms with Crippen LogP contribution in [0.2, 0.25) is 18.1 Å². The maximum absolute atomic E-state index is 11.8. The zero-order valence-corrected chi connectivity index (χ0v) is 22.4. The second-order valence-electron chi connectivity index (χ2n) is 8.70. The Kier molecular flexibility index (Phi) is 12.9. The Labute approximate surface area is 207 Å². The van der Waals surface area contributed by atoms with E-state index in [1.54, 1.807) is 0 Å². The highest BCUT2D eigenvalue weighted by atomic mass is 28.4. The molecular weight excluding hydrogens is 440 g/mol. The second-order valence-corrected chi connectivity index (χ2v) is 13.4. The summed E-state index contributed by atoms with van der Waals surface area (Å²) in [7, 11) is -0.357. The molecule has 0 bridgehead atoms. The van der Waals surface area contributed by atoms with E-state index in [2.05, 4.69) is 45.1 Å². The zero-order valence-electron chi connectivity index (χ0n) is 21.4. The highest BCUT2D eigenvalue weighted by Crippen LogP contribution is 2.32. The molecule has 0 saturated carbocycles. The van der Waals surface area contributed by atoms with Crippen molar-refractivity contribution >= 4 is 14.3 Å². The van der Waals surface area contributed by atoms with Crippen molar-refractivity contribution in [2.75, 3.05) is 13.7 Å². The van der Waals surface area contributed by atoms with Crippen LogP contribution in [-0.4, -0.2) is 28.0 Å². The van der Waals surface area contributed by atoms with Crippen LogP contribution in [-0.2, 0) is 20.5 Å². The molecule has 186 valence electrons. The predicted molar refractivity (Wildman–Crippen MR) is 143 cm³/mol. The first-order valence-electron chi connectivity index (χ1n) is 12.7. The minimum Gasteiger partial charge on any atom is -0.465 e. The van der Waals surface area contributed by atoms with Gasteiger partial charge in [-0.3, -0.25) is 0 Å². The van der Waals surface area contributed by atoms with Gasteiger partial charge >= 0.3 is 5.97 Å². The molecule has 2 aromatic rings. The fraction of sp³-hybridized carbons (Fsp3) is 0.483. The van der Waals surface area contributed by atoms with E-state index in [0.717, 1.165) is 56.0 Å². The monoisotopic (exact) mass is 482 g/mol. The maximum Gasteiger partial charge on any atom is 0.337 e. The molecule has 34 heavy (non-hydrogen) atoms. The summed E-state index contributed by atoms with van der Waals surface area (Å²) in [5.41, 5.74) is 2.91. The number of benzene rings is 2. The van der Waals surface area contributed by atoms with E-state index in [9.17, 15) is 4.79 Å². The normalized spacial score (nSPS) is 12.7. The molecule has 1 atom stereocenters. The standard InChI is InChI=1S/C29H42O4Si/c1-5-34(6-2,7-3)33-28(26-19-21-27(22-20-26)29(30)31-4)18-14-9-8-10-15-23-32-24-25-16-12-11-13-17-25/h9,11-14,16-17,19-22,28H,5-8,10,15,18,23-24H2,1-4H3/b14-9+. The molecule has 5 heteroatoms. The summed E-state index contributed by atoms with van der Waals surface area (Å²) in [6.07, 6.45) is 8.60. The molecule has 0 fully saturated rings. The van der Waals surface area contributed by atoms with Gasteiger partial charge in [0.05, 0.1) is 25.4 Å². The lowest BCUT2D eigenvalue weighted by atomic mass is 10.0. The highest BCUT2D eigenvalue weighted by Gasteiger charge is 2.32. The fourth-order valence-corrected chi connectivity index (χ4v) is 6.91. The van der Waals surface area contributed by atoms with Gasteiger partial charge in [-0.1, -0.05) is 75.4 Å². The van der Waals surface area contributed by atoms with Gasteiger partial charge in [0.2, 0.25) is 0 Å². The zero-order chi connectivity index (χ0) is 24.7. The van der Waals surface area contributed by atoms with Gasteiger partial charge in [0.1, 0.15) is 0 Å². The molecule has 0 heterocycles. The number of methoxy groups -OCH3 is 1. The topological polar surface area (TPSA) is 44.8 Å². The molecule has 0 saturated heterocycles. The van der Waals surface area contributed by atoms with Crippen molar-refractivity contribution in [3.63, 3.8) is 0 Å². The third-order valence-electron chi connectivity index (χ3n) is 6.57. The van der Waals surface area contributed by atoms with Crippen molar-refractivity contribution in [1.29, 1.82) is 0 Å². The van der Waals surface area contributed by atoms with Crippen molar-refractivity contribution in [3.05, 3.63) is 83.4 Å². The molecule has 0 radical (unpaired) electrons. The van der Waals surface area contributed by atoms with Gasteiger partial charge in [-0.2, -0.15) is 0 Å². The summed E-state index contributed by atoms with van der Waals surface area (Å²) in [5, 5.41) is 0. The van der Waals surface area contributed by atoms with Crippen LogP contribution in [0.3, 0.4) is 0 Å². The van der Waals surface area contributed by atoms with Crippen LogP contribution in [0.4, 0.5) is 0 Å². The van der Waals surface area contributed by atoms with Crippen LogP contribution in [0.15, 0.2) is 66.7 Å². The Morgan fingerprint density at radius 3 is 2.21 bits per heavy atom. The minimum atomic E-state index is -1.77. The number of ether oxygens (including phenoxy) is 2. The molecule has 4 nitrogen and oxygen atoms in total. The van der Waals surface area contributed by atoms with Gasteiger partial charge in [-0.15, -0.1) is 0 Å². The van der Waals surface area contributed by atoms with Crippen LogP contribution in [0.25, 0.3) is 0 Å². The molecule has 0 N–H and O–H groups in total. The summed E-state index contributed by atoms with van der Waals surface area (Å²) in [6.45, 7) is 8.24. The third-order valence-corrected chi connectivity index (χ3v) is 11.2. The third kappa shape index (κ3) is 9.20. The molecule has 2 aromatic carbocycles. The number of esters is 1. The molecule has 0 aliphatic carbocycles. The number of rotatable bonds is 16. The van der Waals surface area contributed by atoms with Gasteiger partial charge in [-0.05, 0) is 67.1 Å². The Balaban J connectivity index is 1.87. The van der Waals surface area contributed by atoms with Crippen LogP contribution >= 0.6 is 0 Å². The lowest BCUT2D eigenvalue weighted by molar-refractivity contribution is 0.0600. The average Bonchev–Trinajstić information content (AvgIpc) is 2.90. The van der Waals surface area contributed by atoms with Gasteiger partial charge < -0.3 is 13.9 Å². The number of carbonyl (C=O) groups is 1. The first-order valence-corrected chi connectivity index (χ1v) is 15.2. The largest absolute Gasteiger partial charge is 0.465 e. The quantitative estimate of drug-likeness (QED) is 0.106. The summed E-state index contributed by atoms with van der Waals surface area (Å²) in [4.78, 5) is 11.8. The number of hydrogen-bond acceptors (Lipinski definition) is 4. The van der Waals surface area contributed by atoms with Crippen molar-refractivity contribution in [3.8, 4) is 0 Å². The molecule has 0 aromatic heterocycles. The Bertz CT molecular complexity index is 836. The number of unbranched alkanes of at least 4 members (excludes halogenated alkanes) is 2. The molecule has 1 unspecified atom stereocenters. The second kappa shape index (κ2) is 15.6. The summed E-state index contributed by atoms with van der Waals surface area (Å²) < 4.78 is 17.5. The highest BCUT2D eigenvalue weighted by molar-refractivity contribution is 6.73. The fourth-order valence-electron chi connectivity index (χ4n) is 4.07. The number of hydrogen-bond donors (Lipinski definition) is 0. The van der Waals surface area contributed by atoms with Crippen molar-refractivity contribution in [2.24, 2.45) is 0 Å². The van der Waals surface area contributed by atoms with Crippen LogP contribution in [0.5, 0.6) is 0 Å². The molecule has 0 aliphatic heterocycles. The summed E-state index contributed by atoms with van der Waals surface area (Å²) in [5.74, 6) is -0.309. The minimum absolute atomic E-state index is 0.0173. The smallest absolute Gasteiger partial charge is 0.337 e. The Morgan fingerprint density at radius 1 is 0.912 bits per heavy atom. The lowest BCUT2D eigenvalue weighted by Gasteiger charge is -2.33. The van der Waals surface area contributed by atoms with E-state index >= 15 is 0 Å². The van der Waals surface area contributed by atoms with E-state index in [1.165, 1.54) is 12.7 Å². The van der Waals surface area contributed by atoms with E-state index in [0.29, 0.717) is 12.2 Å². The Hall–Kier alpha value is -2.21. The number of carbonyl (C=O) groups excluding carboxylic acids is 1. The first kappa shape index (κ1) is 28.0. The first-order chi connectivity index (χ1) is 16.6.